The van der Waals surface area contributed by atoms with E-state index < -0.39 is 0 Å². The van der Waals surface area contributed by atoms with E-state index in [-0.39, 0.29) is 0 Å². The van der Waals surface area contributed by atoms with Crippen LogP contribution in [0, 0.1) is 0 Å². The van der Waals surface area contributed by atoms with Gasteiger partial charge in [-0.25, -0.2) is 0 Å². The zero-order valence-electron chi connectivity index (χ0n) is 11.4. The molecule has 1 aromatic carbocycles. The predicted octanol–water partition coefficient (Wildman–Crippen LogP) is 3.00. The third-order valence-corrected chi connectivity index (χ3v) is 4.91. The number of ether oxygens (including phenoxy) is 2. The molecule has 0 bridgehead atoms. The molecular formula is C15H21NO2S. The Balaban J connectivity index is 1.79. The molecule has 2 aliphatic rings. The summed E-state index contributed by atoms with van der Waals surface area (Å²) in [5.41, 5.74) is 1.31. The van der Waals surface area contributed by atoms with E-state index in [2.05, 4.69) is 30.4 Å². The van der Waals surface area contributed by atoms with Crippen LogP contribution in [-0.2, 0) is 0 Å². The molecule has 2 unspecified atom stereocenters. The van der Waals surface area contributed by atoms with Crippen molar-refractivity contribution in [3.8, 4) is 11.5 Å². The van der Waals surface area contributed by atoms with Crippen LogP contribution >= 0.6 is 11.8 Å². The van der Waals surface area contributed by atoms with Gasteiger partial charge in [-0.05, 0) is 24.1 Å². The Morgan fingerprint density at radius 2 is 2.05 bits per heavy atom. The molecule has 2 heterocycles. The Morgan fingerprint density at radius 3 is 2.89 bits per heavy atom. The Kier molecular flexibility index (Phi) is 4.18. The van der Waals surface area contributed by atoms with Gasteiger partial charge in [0.1, 0.15) is 0 Å². The molecule has 104 valence electrons. The molecule has 3 rings (SSSR count). The van der Waals surface area contributed by atoms with Gasteiger partial charge in [0.25, 0.3) is 0 Å². The number of thioether (sulfide) groups is 1. The molecule has 0 spiro atoms. The van der Waals surface area contributed by atoms with Gasteiger partial charge in [-0.3, -0.25) is 0 Å². The van der Waals surface area contributed by atoms with Gasteiger partial charge in [0, 0.05) is 30.0 Å². The molecule has 4 heteroatoms. The van der Waals surface area contributed by atoms with E-state index in [1.807, 2.05) is 11.8 Å². The molecule has 1 fully saturated rings. The summed E-state index contributed by atoms with van der Waals surface area (Å²) >= 11 is 2.04. The highest BCUT2D eigenvalue weighted by Crippen LogP contribution is 2.34. The molecule has 0 radical (unpaired) electrons. The molecule has 1 aromatic rings. The van der Waals surface area contributed by atoms with Crippen LogP contribution in [0.2, 0.25) is 0 Å². The lowest BCUT2D eigenvalue weighted by molar-refractivity contribution is 0.297. The summed E-state index contributed by atoms with van der Waals surface area (Å²) in [5.74, 6) is 4.14. The minimum absolute atomic E-state index is 0.431. The summed E-state index contributed by atoms with van der Waals surface area (Å²) in [5, 5.41) is 3.72. The lowest BCUT2D eigenvalue weighted by atomic mass is 10.1. The van der Waals surface area contributed by atoms with E-state index in [0.717, 1.165) is 36.9 Å². The topological polar surface area (TPSA) is 30.5 Å². The molecule has 1 N–H and O–H groups in total. The SMILES string of the molecule is CCC1CSCC(c2ccc3c(c2)OCCCO3)N1. The minimum atomic E-state index is 0.431. The van der Waals surface area contributed by atoms with Gasteiger partial charge in [0.05, 0.1) is 13.2 Å². The van der Waals surface area contributed by atoms with Crippen molar-refractivity contribution in [1.29, 1.82) is 0 Å². The van der Waals surface area contributed by atoms with E-state index in [0.29, 0.717) is 12.1 Å². The molecule has 2 atom stereocenters. The normalized spacial score (nSPS) is 26.8. The fourth-order valence-corrected chi connectivity index (χ4v) is 3.81. The van der Waals surface area contributed by atoms with Crippen LogP contribution in [0.15, 0.2) is 18.2 Å². The molecular weight excluding hydrogens is 258 g/mol. The first kappa shape index (κ1) is 13.1. The summed E-state index contributed by atoms with van der Waals surface area (Å²) in [7, 11) is 0. The van der Waals surface area contributed by atoms with Crippen molar-refractivity contribution in [2.75, 3.05) is 24.7 Å². The molecule has 2 aliphatic heterocycles. The summed E-state index contributed by atoms with van der Waals surface area (Å²) in [6.45, 7) is 3.75. The number of hydrogen-bond donors (Lipinski definition) is 1. The second kappa shape index (κ2) is 6.06. The van der Waals surface area contributed by atoms with Gasteiger partial charge in [-0.15, -0.1) is 0 Å². The molecule has 0 aromatic heterocycles. The highest BCUT2D eigenvalue weighted by Gasteiger charge is 2.22. The maximum absolute atomic E-state index is 5.77. The van der Waals surface area contributed by atoms with E-state index in [4.69, 9.17) is 9.47 Å². The maximum atomic E-state index is 5.77. The van der Waals surface area contributed by atoms with Gasteiger partial charge in [-0.1, -0.05) is 13.0 Å². The van der Waals surface area contributed by atoms with Crippen molar-refractivity contribution >= 4 is 11.8 Å². The smallest absolute Gasteiger partial charge is 0.161 e. The van der Waals surface area contributed by atoms with Crippen LogP contribution in [0.4, 0.5) is 0 Å². The van der Waals surface area contributed by atoms with Crippen molar-refractivity contribution in [1.82, 2.24) is 5.32 Å². The summed E-state index contributed by atoms with van der Waals surface area (Å²) in [6, 6.07) is 7.43. The quantitative estimate of drug-likeness (QED) is 0.901. The van der Waals surface area contributed by atoms with E-state index in [9.17, 15) is 0 Å². The van der Waals surface area contributed by atoms with Crippen LogP contribution in [0.5, 0.6) is 11.5 Å². The van der Waals surface area contributed by atoms with Crippen molar-refractivity contribution in [3.63, 3.8) is 0 Å². The largest absolute Gasteiger partial charge is 0.490 e. The van der Waals surface area contributed by atoms with Crippen molar-refractivity contribution in [2.45, 2.75) is 31.8 Å². The minimum Gasteiger partial charge on any atom is -0.490 e. The van der Waals surface area contributed by atoms with Crippen LogP contribution in [0.3, 0.4) is 0 Å². The van der Waals surface area contributed by atoms with Crippen molar-refractivity contribution < 1.29 is 9.47 Å². The first-order valence-electron chi connectivity index (χ1n) is 7.10. The number of fused-ring (bicyclic) bond motifs is 1. The van der Waals surface area contributed by atoms with Crippen LogP contribution < -0.4 is 14.8 Å². The van der Waals surface area contributed by atoms with Gasteiger partial charge in [-0.2, -0.15) is 11.8 Å². The second-order valence-electron chi connectivity index (χ2n) is 5.12. The summed E-state index contributed by atoms with van der Waals surface area (Å²) in [6.07, 6.45) is 2.15. The third kappa shape index (κ3) is 3.00. The highest BCUT2D eigenvalue weighted by molar-refractivity contribution is 7.99. The van der Waals surface area contributed by atoms with Crippen LogP contribution in [0.1, 0.15) is 31.4 Å². The lowest BCUT2D eigenvalue weighted by Gasteiger charge is -2.30. The average Bonchev–Trinajstić information content (AvgIpc) is 2.71. The summed E-state index contributed by atoms with van der Waals surface area (Å²) in [4.78, 5) is 0. The Labute approximate surface area is 119 Å². The second-order valence-corrected chi connectivity index (χ2v) is 6.19. The van der Waals surface area contributed by atoms with Gasteiger partial charge in [0.2, 0.25) is 0 Å². The monoisotopic (exact) mass is 279 g/mol. The number of benzene rings is 1. The molecule has 3 nitrogen and oxygen atoms in total. The molecule has 0 amide bonds. The summed E-state index contributed by atoms with van der Waals surface area (Å²) < 4.78 is 11.5. The van der Waals surface area contributed by atoms with Crippen LogP contribution in [0.25, 0.3) is 0 Å². The molecule has 1 saturated heterocycles. The molecule has 19 heavy (non-hydrogen) atoms. The van der Waals surface area contributed by atoms with E-state index >= 15 is 0 Å². The van der Waals surface area contributed by atoms with Gasteiger partial charge in [0.15, 0.2) is 11.5 Å². The molecule has 0 aliphatic carbocycles. The fraction of sp³-hybridized carbons (Fsp3) is 0.600. The zero-order chi connectivity index (χ0) is 13.1. The molecule has 0 saturated carbocycles. The van der Waals surface area contributed by atoms with Gasteiger partial charge >= 0.3 is 0 Å². The number of nitrogens with one attached hydrogen (secondary N) is 1. The van der Waals surface area contributed by atoms with E-state index in [1.54, 1.807) is 0 Å². The zero-order valence-corrected chi connectivity index (χ0v) is 12.2. The Hall–Kier alpha value is -0.870. The first-order valence-corrected chi connectivity index (χ1v) is 8.25. The number of rotatable bonds is 2. The third-order valence-electron chi connectivity index (χ3n) is 3.71. The maximum Gasteiger partial charge on any atom is 0.161 e. The standard InChI is InChI=1S/C15H21NO2S/c1-2-12-9-19-10-13(16-12)11-4-5-14-15(8-11)18-7-3-6-17-14/h4-5,8,12-13,16H,2-3,6-7,9-10H2,1H3. The fourth-order valence-electron chi connectivity index (χ4n) is 2.53. The van der Waals surface area contributed by atoms with Crippen molar-refractivity contribution in [3.05, 3.63) is 23.8 Å². The average molecular weight is 279 g/mol. The lowest BCUT2D eigenvalue weighted by Crippen LogP contribution is -2.39. The van der Waals surface area contributed by atoms with Crippen LogP contribution in [-0.4, -0.2) is 30.8 Å². The Bertz CT molecular complexity index is 438. The van der Waals surface area contributed by atoms with E-state index in [1.165, 1.54) is 17.7 Å². The highest BCUT2D eigenvalue weighted by atomic mass is 32.2. The first-order chi connectivity index (χ1) is 9.36. The number of hydrogen-bond acceptors (Lipinski definition) is 4. The van der Waals surface area contributed by atoms with Gasteiger partial charge < -0.3 is 14.8 Å². The Morgan fingerprint density at radius 1 is 1.21 bits per heavy atom. The predicted molar refractivity (Wildman–Crippen MR) is 79.3 cm³/mol. The van der Waals surface area contributed by atoms with Crippen molar-refractivity contribution in [2.24, 2.45) is 0 Å².